The second kappa shape index (κ2) is 56.6. The largest absolute Gasteiger partial charge is 0.472 e. The van der Waals surface area contributed by atoms with Crippen LogP contribution in [0.15, 0.2) is 48.6 Å². The van der Waals surface area contributed by atoms with Gasteiger partial charge in [0.2, 0.25) is 0 Å². The number of allylic oxidation sites excluding steroid dienone is 8. The zero-order valence-corrected chi connectivity index (χ0v) is 48.7. The lowest BCUT2D eigenvalue weighted by Crippen LogP contribution is -2.30. The van der Waals surface area contributed by atoms with E-state index in [1.54, 1.807) is 0 Å². The van der Waals surface area contributed by atoms with Crippen LogP contribution in [-0.2, 0) is 42.2 Å². The van der Waals surface area contributed by atoms with Crippen LogP contribution in [-0.4, -0.2) is 66.5 Å². The van der Waals surface area contributed by atoms with Gasteiger partial charge in [0.1, 0.15) is 12.7 Å². The molecular formula is C62H113O11P. The summed E-state index contributed by atoms with van der Waals surface area (Å²) in [6, 6.07) is 0. The summed E-state index contributed by atoms with van der Waals surface area (Å²) >= 11 is 0. The molecule has 0 aromatic heterocycles. The average molecular weight is 1070 g/mol. The maximum Gasteiger partial charge on any atom is 0.472 e. The molecule has 0 aromatic carbocycles. The number of rotatable bonds is 57. The first kappa shape index (κ1) is 71.4. The molecule has 0 radical (unpaired) electrons. The third-order valence-corrected chi connectivity index (χ3v) is 14.2. The van der Waals surface area contributed by atoms with Crippen molar-refractivity contribution in [3.8, 4) is 0 Å². The van der Waals surface area contributed by atoms with Crippen LogP contribution in [0.2, 0.25) is 0 Å². The number of hydrogen-bond acceptors (Lipinski definition) is 10. The first-order valence-corrected chi connectivity index (χ1v) is 32.0. The van der Waals surface area contributed by atoms with Crippen LogP contribution in [0, 0.1) is 0 Å². The smallest absolute Gasteiger partial charge is 0.462 e. The van der Waals surface area contributed by atoms with E-state index in [4.69, 9.17) is 23.3 Å². The van der Waals surface area contributed by atoms with Crippen molar-refractivity contribution in [2.75, 3.05) is 26.4 Å². The topological polar surface area (TPSA) is 155 Å². The van der Waals surface area contributed by atoms with Gasteiger partial charge in [-0.1, -0.05) is 243 Å². The van der Waals surface area contributed by atoms with Crippen LogP contribution < -0.4 is 0 Å². The molecular weight excluding hydrogens is 952 g/mol. The number of unbranched alkanes of at least 4 members (excludes halogenated alkanes) is 32. The number of hydrogen-bond donors (Lipinski definition) is 2. The Kier molecular flexibility index (Phi) is 54.7. The van der Waals surface area contributed by atoms with E-state index < -0.39 is 57.8 Å². The predicted molar refractivity (Wildman–Crippen MR) is 307 cm³/mol. The van der Waals surface area contributed by atoms with Crippen molar-refractivity contribution < 1.29 is 52.2 Å². The molecule has 0 saturated heterocycles. The van der Waals surface area contributed by atoms with Crippen LogP contribution in [0.1, 0.15) is 290 Å². The molecule has 432 valence electrons. The fraction of sp³-hybridized carbons (Fsp3) is 0.823. The number of ether oxygens (including phenoxy) is 3. The fourth-order valence-corrected chi connectivity index (χ4v) is 9.39. The van der Waals surface area contributed by atoms with Gasteiger partial charge in [-0.3, -0.25) is 23.4 Å². The van der Waals surface area contributed by atoms with Gasteiger partial charge in [-0.25, -0.2) is 4.57 Å². The second-order valence-electron chi connectivity index (χ2n) is 20.5. The minimum Gasteiger partial charge on any atom is -0.462 e. The van der Waals surface area contributed by atoms with E-state index in [2.05, 4.69) is 69.4 Å². The van der Waals surface area contributed by atoms with Crippen LogP contribution in [0.25, 0.3) is 0 Å². The zero-order valence-electron chi connectivity index (χ0n) is 47.8. The molecule has 0 bridgehead atoms. The quantitative estimate of drug-likeness (QED) is 0.0197. The van der Waals surface area contributed by atoms with E-state index in [0.717, 1.165) is 96.3 Å². The predicted octanol–water partition coefficient (Wildman–Crippen LogP) is 18.1. The molecule has 0 fully saturated rings. The lowest BCUT2D eigenvalue weighted by molar-refractivity contribution is -0.161. The molecule has 0 aromatic rings. The number of phosphoric ester groups is 1. The van der Waals surface area contributed by atoms with Crippen molar-refractivity contribution in [2.45, 2.75) is 303 Å². The minimum atomic E-state index is -4.75. The molecule has 0 heterocycles. The molecule has 74 heavy (non-hydrogen) atoms. The van der Waals surface area contributed by atoms with Gasteiger partial charge in [-0.05, 0) is 77.0 Å². The lowest BCUT2D eigenvalue weighted by atomic mass is 10.0. The van der Waals surface area contributed by atoms with Gasteiger partial charge in [-0.15, -0.1) is 0 Å². The molecule has 0 aliphatic rings. The van der Waals surface area contributed by atoms with Gasteiger partial charge < -0.3 is 24.2 Å². The van der Waals surface area contributed by atoms with Crippen molar-refractivity contribution in [3.63, 3.8) is 0 Å². The highest BCUT2D eigenvalue weighted by molar-refractivity contribution is 7.47. The highest BCUT2D eigenvalue weighted by Crippen LogP contribution is 2.43. The Morgan fingerprint density at radius 2 is 0.703 bits per heavy atom. The summed E-state index contributed by atoms with van der Waals surface area (Å²) in [5, 5.41) is 9.83. The minimum absolute atomic E-state index is 0.149. The van der Waals surface area contributed by atoms with E-state index in [1.165, 1.54) is 135 Å². The van der Waals surface area contributed by atoms with Gasteiger partial charge >= 0.3 is 25.7 Å². The summed E-state index contributed by atoms with van der Waals surface area (Å²) in [7, 11) is -4.75. The maximum absolute atomic E-state index is 12.9. The average Bonchev–Trinajstić information content (AvgIpc) is 3.39. The molecule has 3 unspecified atom stereocenters. The standard InChI is InChI=1S/C62H113O11P/c1-4-7-10-13-16-19-22-25-28-29-32-33-36-39-42-45-48-51-60(64)69-55-59(73-62(66)53-50-47-44-41-38-35-31-27-24-21-18-15-12-9-6-3)57-71-74(67,68)70-56-58(54-63)72-61(65)52-49-46-43-40-37-34-30-26-23-20-17-14-11-8-5-2/h9,12,18,21,25,27-28,31,58-59,63H,4-8,10-11,13-17,19-20,22-24,26,29-30,32-57H2,1-3H3,(H,67,68)/b12-9-,21-18-,28-25-,31-27-. The van der Waals surface area contributed by atoms with Crippen molar-refractivity contribution >= 4 is 25.7 Å². The van der Waals surface area contributed by atoms with E-state index >= 15 is 0 Å². The molecule has 0 aliphatic heterocycles. The summed E-state index contributed by atoms with van der Waals surface area (Å²) in [4.78, 5) is 48.6. The van der Waals surface area contributed by atoms with Crippen LogP contribution in [0.4, 0.5) is 0 Å². The SMILES string of the molecule is CC/C=C\C/C=C\C/C=C\CCCCCCCC(=O)OC(COC(=O)CCCCCCCCC/C=C\CCCCCCCC)COP(=O)(O)OCC(CO)OC(=O)CCCCCCCCCCCCCCCCC. The Balaban J connectivity index is 4.70. The number of phosphoric acid groups is 1. The number of aliphatic hydroxyl groups is 1. The summed E-state index contributed by atoms with van der Waals surface area (Å²) in [6.07, 6.45) is 60.6. The Bertz CT molecular complexity index is 1430. The summed E-state index contributed by atoms with van der Waals surface area (Å²) < 4.78 is 39.6. The molecule has 0 saturated carbocycles. The van der Waals surface area contributed by atoms with Crippen molar-refractivity contribution in [1.82, 2.24) is 0 Å². The highest BCUT2D eigenvalue weighted by Gasteiger charge is 2.28. The lowest BCUT2D eigenvalue weighted by Gasteiger charge is -2.21. The van der Waals surface area contributed by atoms with Crippen LogP contribution in [0.3, 0.4) is 0 Å². The van der Waals surface area contributed by atoms with Gasteiger partial charge in [0.15, 0.2) is 6.10 Å². The molecule has 11 nitrogen and oxygen atoms in total. The number of carbonyl (C=O) groups is 3. The third-order valence-electron chi connectivity index (χ3n) is 13.2. The second-order valence-corrected chi connectivity index (χ2v) is 21.9. The molecule has 0 amide bonds. The highest BCUT2D eigenvalue weighted by atomic mass is 31.2. The van der Waals surface area contributed by atoms with E-state index in [-0.39, 0.29) is 25.9 Å². The Morgan fingerprint density at radius 1 is 0.392 bits per heavy atom. The Labute approximate surface area is 453 Å². The first-order chi connectivity index (χ1) is 36.2. The summed E-state index contributed by atoms with van der Waals surface area (Å²) in [6.45, 7) is 4.55. The van der Waals surface area contributed by atoms with Crippen LogP contribution in [0.5, 0.6) is 0 Å². The Hall–Kier alpha value is -2.56. The molecule has 0 spiro atoms. The van der Waals surface area contributed by atoms with E-state index in [9.17, 15) is 28.9 Å². The molecule has 0 rings (SSSR count). The molecule has 3 atom stereocenters. The monoisotopic (exact) mass is 1060 g/mol. The van der Waals surface area contributed by atoms with Crippen LogP contribution >= 0.6 is 7.82 Å². The fourth-order valence-electron chi connectivity index (χ4n) is 8.60. The van der Waals surface area contributed by atoms with Gasteiger partial charge in [0, 0.05) is 19.3 Å². The molecule has 12 heteroatoms. The number of carbonyl (C=O) groups excluding carboxylic acids is 3. The van der Waals surface area contributed by atoms with Gasteiger partial charge in [0.25, 0.3) is 0 Å². The van der Waals surface area contributed by atoms with E-state index in [1.807, 2.05) is 0 Å². The number of aliphatic hydroxyl groups excluding tert-OH is 1. The van der Waals surface area contributed by atoms with Crippen molar-refractivity contribution in [1.29, 1.82) is 0 Å². The summed E-state index contributed by atoms with van der Waals surface area (Å²) in [5.41, 5.74) is 0. The third kappa shape index (κ3) is 54.2. The normalized spacial score (nSPS) is 13.6. The van der Waals surface area contributed by atoms with Gasteiger partial charge in [0.05, 0.1) is 19.8 Å². The van der Waals surface area contributed by atoms with Crippen molar-refractivity contribution in [3.05, 3.63) is 48.6 Å². The summed E-state index contributed by atoms with van der Waals surface area (Å²) in [5.74, 6) is -1.47. The molecule has 0 aliphatic carbocycles. The zero-order chi connectivity index (χ0) is 54.1. The molecule has 2 N–H and O–H groups in total. The van der Waals surface area contributed by atoms with E-state index in [0.29, 0.717) is 19.3 Å². The first-order valence-electron chi connectivity index (χ1n) is 30.5. The maximum atomic E-state index is 12.9. The number of esters is 3. The van der Waals surface area contributed by atoms with Gasteiger partial charge in [-0.2, -0.15) is 0 Å². The Morgan fingerprint density at radius 3 is 1.09 bits per heavy atom. The van der Waals surface area contributed by atoms with Crippen molar-refractivity contribution in [2.24, 2.45) is 0 Å².